The second-order valence-electron chi connectivity index (χ2n) is 5.22. The molecule has 0 fully saturated rings. The number of nitrogens with zero attached hydrogens (tertiary/aromatic N) is 3. The summed E-state index contributed by atoms with van der Waals surface area (Å²) in [7, 11) is 0. The second kappa shape index (κ2) is 9.07. The van der Waals surface area contributed by atoms with E-state index < -0.39 is 0 Å². The molecule has 1 aromatic carbocycles. The maximum atomic E-state index is 11.6. The highest BCUT2D eigenvalue weighted by Crippen LogP contribution is 2.18. The van der Waals surface area contributed by atoms with E-state index in [-0.39, 0.29) is 11.9 Å². The monoisotopic (exact) mass is 346 g/mol. The van der Waals surface area contributed by atoms with Crippen LogP contribution in [0.2, 0.25) is 0 Å². The molecule has 0 unspecified atom stereocenters. The van der Waals surface area contributed by atoms with Gasteiger partial charge in [0.05, 0.1) is 11.5 Å². The molecule has 0 saturated heterocycles. The maximum Gasteiger partial charge on any atom is 0.232 e. The van der Waals surface area contributed by atoms with Crippen LogP contribution in [0, 0.1) is 6.92 Å². The number of anilines is 3. The SMILES string of the molecule is CCCNC(=O)CSCc1nc(N)nc(Nc2ccccc2C)n1. The first-order valence-electron chi connectivity index (χ1n) is 7.76. The molecule has 1 aromatic heterocycles. The molecule has 0 radical (unpaired) electrons. The average Bonchev–Trinajstić information content (AvgIpc) is 2.54. The zero-order chi connectivity index (χ0) is 17.4. The fraction of sp³-hybridized carbons (Fsp3) is 0.375. The number of hydrogen-bond acceptors (Lipinski definition) is 7. The van der Waals surface area contributed by atoms with Gasteiger partial charge < -0.3 is 16.4 Å². The molecule has 24 heavy (non-hydrogen) atoms. The highest BCUT2D eigenvalue weighted by molar-refractivity contribution is 7.99. The number of nitrogen functional groups attached to an aromatic ring is 1. The van der Waals surface area contributed by atoms with Gasteiger partial charge in [-0.15, -0.1) is 11.8 Å². The molecule has 128 valence electrons. The van der Waals surface area contributed by atoms with Gasteiger partial charge in [0.1, 0.15) is 5.82 Å². The van der Waals surface area contributed by atoms with Crippen molar-refractivity contribution in [3.63, 3.8) is 0 Å². The molecule has 0 aliphatic carbocycles. The van der Waals surface area contributed by atoms with E-state index in [4.69, 9.17) is 5.73 Å². The van der Waals surface area contributed by atoms with E-state index in [1.165, 1.54) is 11.8 Å². The van der Waals surface area contributed by atoms with Crippen molar-refractivity contribution in [3.8, 4) is 0 Å². The Bertz CT molecular complexity index is 694. The van der Waals surface area contributed by atoms with Gasteiger partial charge in [0.15, 0.2) is 0 Å². The third-order valence-corrected chi connectivity index (χ3v) is 4.06. The molecular formula is C16H22N6OS. The van der Waals surface area contributed by atoms with Crippen molar-refractivity contribution in [2.45, 2.75) is 26.0 Å². The number of hydrogen-bond donors (Lipinski definition) is 3. The number of carbonyl (C=O) groups excluding carboxylic acids is 1. The lowest BCUT2D eigenvalue weighted by Gasteiger charge is -2.09. The summed E-state index contributed by atoms with van der Waals surface area (Å²) in [5, 5.41) is 5.98. The largest absolute Gasteiger partial charge is 0.368 e. The molecule has 7 nitrogen and oxygen atoms in total. The lowest BCUT2D eigenvalue weighted by atomic mass is 10.2. The fourth-order valence-electron chi connectivity index (χ4n) is 1.94. The van der Waals surface area contributed by atoms with Gasteiger partial charge in [-0.25, -0.2) is 0 Å². The van der Waals surface area contributed by atoms with Crippen molar-refractivity contribution in [1.29, 1.82) is 0 Å². The van der Waals surface area contributed by atoms with E-state index >= 15 is 0 Å². The van der Waals surface area contributed by atoms with E-state index in [1.807, 2.05) is 38.1 Å². The summed E-state index contributed by atoms with van der Waals surface area (Å²) >= 11 is 1.44. The Morgan fingerprint density at radius 1 is 1.25 bits per heavy atom. The van der Waals surface area contributed by atoms with Gasteiger partial charge in [-0.3, -0.25) is 4.79 Å². The minimum absolute atomic E-state index is 0.0159. The van der Waals surface area contributed by atoms with Crippen LogP contribution in [-0.4, -0.2) is 33.2 Å². The first kappa shape index (κ1) is 18.0. The lowest BCUT2D eigenvalue weighted by molar-refractivity contribution is -0.118. The third kappa shape index (κ3) is 5.69. The molecule has 2 aromatic rings. The number of thioether (sulfide) groups is 1. The standard InChI is InChI=1S/C16H22N6OS/c1-3-8-18-14(23)10-24-9-13-20-15(17)22-16(21-13)19-12-7-5-4-6-11(12)2/h4-7H,3,8-10H2,1-2H3,(H,18,23)(H3,17,19,20,21,22). The number of aromatic nitrogens is 3. The molecule has 0 aliphatic rings. The quantitative estimate of drug-likeness (QED) is 0.673. The summed E-state index contributed by atoms with van der Waals surface area (Å²) in [5.41, 5.74) is 7.76. The van der Waals surface area contributed by atoms with E-state index in [2.05, 4.69) is 25.6 Å². The molecule has 2 rings (SSSR count). The van der Waals surface area contributed by atoms with E-state index in [0.29, 0.717) is 29.8 Å². The number of para-hydroxylation sites is 1. The van der Waals surface area contributed by atoms with Gasteiger partial charge in [0.2, 0.25) is 17.8 Å². The van der Waals surface area contributed by atoms with Crippen LogP contribution < -0.4 is 16.4 Å². The molecule has 0 saturated carbocycles. The van der Waals surface area contributed by atoms with Crippen LogP contribution in [0.25, 0.3) is 0 Å². The Balaban J connectivity index is 1.96. The van der Waals surface area contributed by atoms with Crippen LogP contribution in [0.1, 0.15) is 24.7 Å². The topological polar surface area (TPSA) is 106 Å². The van der Waals surface area contributed by atoms with Crippen molar-refractivity contribution in [1.82, 2.24) is 20.3 Å². The van der Waals surface area contributed by atoms with E-state index in [0.717, 1.165) is 17.7 Å². The van der Waals surface area contributed by atoms with Gasteiger partial charge in [0.25, 0.3) is 0 Å². The van der Waals surface area contributed by atoms with Crippen LogP contribution in [0.4, 0.5) is 17.6 Å². The first-order chi connectivity index (χ1) is 11.6. The number of carbonyl (C=O) groups is 1. The van der Waals surface area contributed by atoms with Crippen molar-refractivity contribution >= 4 is 35.3 Å². The normalized spacial score (nSPS) is 10.4. The maximum absolute atomic E-state index is 11.6. The minimum Gasteiger partial charge on any atom is -0.368 e. The molecule has 8 heteroatoms. The number of rotatable bonds is 8. The summed E-state index contributed by atoms with van der Waals surface area (Å²) in [6, 6.07) is 7.85. The first-order valence-corrected chi connectivity index (χ1v) is 8.91. The lowest BCUT2D eigenvalue weighted by Crippen LogP contribution is -2.25. The number of amides is 1. The van der Waals surface area contributed by atoms with Gasteiger partial charge in [-0.1, -0.05) is 25.1 Å². The molecule has 0 aliphatic heterocycles. The zero-order valence-corrected chi connectivity index (χ0v) is 14.7. The predicted octanol–water partition coefficient (Wildman–Crippen LogP) is 2.27. The van der Waals surface area contributed by atoms with E-state index in [1.54, 1.807) is 0 Å². The van der Waals surface area contributed by atoms with Gasteiger partial charge in [-0.05, 0) is 25.0 Å². The Labute approximate surface area is 145 Å². The van der Waals surface area contributed by atoms with Crippen molar-refractivity contribution in [2.24, 2.45) is 0 Å². The van der Waals surface area contributed by atoms with Crippen molar-refractivity contribution < 1.29 is 4.79 Å². The van der Waals surface area contributed by atoms with Crippen LogP contribution in [0.15, 0.2) is 24.3 Å². The summed E-state index contributed by atoms with van der Waals surface area (Å²) in [5.74, 6) is 1.99. The Morgan fingerprint density at radius 3 is 2.79 bits per heavy atom. The van der Waals surface area contributed by atoms with Crippen LogP contribution in [0.5, 0.6) is 0 Å². The second-order valence-corrected chi connectivity index (χ2v) is 6.20. The molecular weight excluding hydrogens is 324 g/mol. The molecule has 1 amide bonds. The molecule has 1 heterocycles. The van der Waals surface area contributed by atoms with Crippen LogP contribution >= 0.6 is 11.8 Å². The Kier molecular flexibility index (Phi) is 6.80. The van der Waals surface area contributed by atoms with Crippen LogP contribution in [0.3, 0.4) is 0 Å². The zero-order valence-electron chi connectivity index (χ0n) is 13.9. The summed E-state index contributed by atoms with van der Waals surface area (Å²) < 4.78 is 0. The Hall–Kier alpha value is -2.35. The summed E-state index contributed by atoms with van der Waals surface area (Å²) in [4.78, 5) is 24.2. The molecule has 0 bridgehead atoms. The highest BCUT2D eigenvalue weighted by atomic mass is 32.2. The third-order valence-electron chi connectivity index (χ3n) is 3.13. The van der Waals surface area contributed by atoms with Crippen molar-refractivity contribution in [3.05, 3.63) is 35.7 Å². The van der Waals surface area contributed by atoms with Crippen molar-refractivity contribution in [2.75, 3.05) is 23.3 Å². The highest BCUT2D eigenvalue weighted by Gasteiger charge is 2.08. The minimum atomic E-state index is 0.0159. The Morgan fingerprint density at radius 2 is 2.04 bits per heavy atom. The van der Waals surface area contributed by atoms with Gasteiger partial charge >= 0.3 is 0 Å². The molecule has 0 atom stereocenters. The fourth-order valence-corrected chi connectivity index (χ4v) is 2.64. The predicted molar refractivity (Wildman–Crippen MR) is 98.2 cm³/mol. The summed E-state index contributed by atoms with van der Waals surface area (Å²) in [6.07, 6.45) is 0.925. The number of nitrogens with one attached hydrogen (secondary N) is 2. The van der Waals surface area contributed by atoms with Gasteiger partial charge in [-0.2, -0.15) is 15.0 Å². The number of benzene rings is 1. The number of nitrogens with two attached hydrogens (primary N) is 1. The number of aryl methyl sites for hydroxylation is 1. The van der Waals surface area contributed by atoms with Gasteiger partial charge in [0, 0.05) is 12.2 Å². The summed E-state index contributed by atoms with van der Waals surface area (Å²) in [6.45, 7) is 4.71. The van der Waals surface area contributed by atoms with Crippen LogP contribution in [-0.2, 0) is 10.5 Å². The smallest absolute Gasteiger partial charge is 0.232 e. The van der Waals surface area contributed by atoms with E-state index in [9.17, 15) is 4.79 Å². The molecule has 0 spiro atoms. The molecule has 4 N–H and O–H groups in total. The average molecular weight is 346 g/mol.